The Morgan fingerprint density at radius 1 is 1.47 bits per heavy atom. The summed E-state index contributed by atoms with van der Waals surface area (Å²) in [5.74, 6) is 0. The third-order valence-electron chi connectivity index (χ3n) is 2.74. The number of aliphatic hydroxyl groups is 1. The minimum absolute atomic E-state index is 0.262. The first-order valence-electron chi connectivity index (χ1n) is 5.78. The molecule has 1 rings (SSSR count). The molecule has 0 aromatic rings. The van der Waals surface area contributed by atoms with Gasteiger partial charge in [0.05, 0.1) is 12.7 Å². The monoisotopic (exact) mass is 217 g/mol. The second-order valence-electron chi connectivity index (χ2n) is 4.27. The number of ether oxygens (including phenoxy) is 2. The van der Waals surface area contributed by atoms with Gasteiger partial charge in [0.1, 0.15) is 6.79 Å². The first-order valence-corrected chi connectivity index (χ1v) is 5.78. The van der Waals surface area contributed by atoms with Gasteiger partial charge in [-0.2, -0.15) is 0 Å². The maximum absolute atomic E-state index is 8.82. The molecule has 0 amide bonds. The molecule has 1 heterocycles. The van der Waals surface area contributed by atoms with Crippen LogP contribution >= 0.6 is 0 Å². The number of rotatable bonds is 6. The van der Waals surface area contributed by atoms with E-state index in [1.54, 1.807) is 0 Å². The van der Waals surface area contributed by atoms with Crippen molar-refractivity contribution in [3.8, 4) is 0 Å². The van der Waals surface area contributed by atoms with Crippen molar-refractivity contribution in [1.29, 1.82) is 0 Å². The standard InChI is InChI=1S/C11H23NO3/c1-10(2)12(5-3-6-13)8-11-4-7-14-9-15-11/h10-11,13H,3-9H2,1-2H3. The molecule has 1 fully saturated rings. The SMILES string of the molecule is CC(C)N(CCCO)CC1CCOCO1. The van der Waals surface area contributed by atoms with E-state index in [0.717, 1.165) is 32.5 Å². The Morgan fingerprint density at radius 3 is 2.80 bits per heavy atom. The lowest BCUT2D eigenvalue weighted by Gasteiger charge is -2.32. The smallest absolute Gasteiger partial charge is 0.147 e. The largest absolute Gasteiger partial charge is 0.396 e. The van der Waals surface area contributed by atoms with Crippen LogP contribution in [0.2, 0.25) is 0 Å². The molecule has 0 bridgehead atoms. The van der Waals surface area contributed by atoms with Crippen molar-refractivity contribution >= 4 is 0 Å². The lowest BCUT2D eigenvalue weighted by Crippen LogP contribution is -2.41. The summed E-state index contributed by atoms with van der Waals surface area (Å²) in [4.78, 5) is 2.35. The molecule has 4 heteroatoms. The second-order valence-corrected chi connectivity index (χ2v) is 4.27. The van der Waals surface area contributed by atoms with E-state index >= 15 is 0 Å². The van der Waals surface area contributed by atoms with Crippen LogP contribution in [0.25, 0.3) is 0 Å². The minimum atomic E-state index is 0.262. The lowest BCUT2D eigenvalue weighted by atomic mass is 10.2. The Labute approximate surface area is 92.2 Å². The Bertz CT molecular complexity index is 158. The summed E-state index contributed by atoms with van der Waals surface area (Å²) in [6, 6.07) is 0.503. The summed E-state index contributed by atoms with van der Waals surface area (Å²) in [7, 11) is 0. The van der Waals surface area contributed by atoms with Gasteiger partial charge in [0.2, 0.25) is 0 Å². The van der Waals surface area contributed by atoms with E-state index in [2.05, 4.69) is 18.7 Å². The molecule has 1 aliphatic rings. The van der Waals surface area contributed by atoms with Gasteiger partial charge in [0, 0.05) is 25.7 Å². The molecule has 0 spiro atoms. The predicted octanol–water partition coefficient (Wildman–Crippen LogP) is 0.842. The van der Waals surface area contributed by atoms with Crippen molar-refractivity contribution in [3.05, 3.63) is 0 Å². The molecule has 4 nitrogen and oxygen atoms in total. The fourth-order valence-electron chi connectivity index (χ4n) is 1.74. The first kappa shape index (κ1) is 12.9. The molecule has 0 aromatic carbocycles. The van der Waals surface area contributed by atoms with Gasteiger partial charge in [-0.05, 0) is 26.7 Å². The van der Waals surface area contributed by atoms with Gasteiger partial charge in [0.25, 0.3) is 0 Å². The highest BCUT2D eigenvalue weighted by atomic mass is 16.7. The van der Waals surface area contributed by atoms with Gasteiger partial charge in [-0.1, -0.05) is 0 Å². The van der Waals surface area contributed by atoms with Crippen LogP contribution in [0.15, 0.2) is 0 Å². The zero-order valence-corrected chi connectivity index (χ0v) is 9.82. The number of aliphatic hydroxyl groups excluding tert-OH is 1. The number of hydrogen-bond acceptors (Lipinski definition) is 4. The second kappa shape index (κ2) is 7.17. The summed E-state index contributed by atoms with van der Waals surface area (Å²) < 4.78 is 10.7. The van der Waals surface area contributed by atoms with E-state index < -0.39 is 0 Å². The topological polar surface area (TPSA) is 41.9 Å². The quantitative estimate of drug-likeness (QED) is 0.716. The zero-order valence-electron chi connectivity index (χ0n) is 9.82. The summed E-state index contributed by atoms with van der Waals surface area (Å²) in [6.07, 6.45) is 2.10. The maximum Gasteiger partial charge on any atom is 0.147 e. The van der Waals surface area contributed by atoms with Gasteiger partial charge in [-0.15, -0.1) is 0 Å². The number of hydrogen-bond donors (Lipinski definition) is 1. The molecule has 1 atom stereocenters. The third kappa shape index (κ3) is 4.93. The van der Waals surface area contributed by atoms with Crippen LogP contribution in [0.1, 0.15) is 26.7 Å². The average molecular weight is 217 g/mol. The van der Waals surface area contributed by atoms with Crippen LogP contribution < -0.4 is 0 Å². The van der Waals surface area contributed by atoms with E-state index in [-0.39, 0.29) is 6.61 Å². The summed E-state index contributed by atoms with van der Waals surface area (Å²) in [6.45, 7) is 7.73. The van der Waals surface area contributed by atoms with E-state index in [0.29, 0.717) is 18.9 Å². The highest BCUT2D eigenvalue weighted by Gasteiger charge is 2.19. The molecule has 1 aliphatic heterocycles. The van der Waals surface area contributed by atoms with E-state index in [4.69, 9.17) is 14.6 Å². The van der Waals surface area contributed by atoms with Crippen LogP contribution in [-0.4, -0.2) is 55.2 Å². The third-order valence-corrected chi connectivity index (χ3v) is 2.74. The maximum atomic E-state index is 8.82. The molecule has 1 saturated heterocycles. The fourth-order valence-corrected chi connectivity index (χ4v) is 1.74. The minimum Gasteiger partial charge on any atom is -0.396 e. The molecule has 0 aromatic heterocycles. The van der Waals surface area contributed by atoms with Crippen LogP contribution in [-0.2, 0) is 9.47 Å². The fraction of sp³-hybridized carbons (Fsp3) is 1.00. The zero-order chi connectivity index (χ0) is 11.1. The van der Waals surface area contributed by atoms with Crippen molar-refractivity contribution in [2.75, 3.05) is 33.1 Å². The molecule has 1 unspecified atom stereocenters. The molecule has 0 aliphatic carbocycles. The summed E-state index contributed by atoms with van der Waals surface area (Å²) >= 11 is 0. The Kier molecular flexibility index (Phi) is 6.17. The number of nitrogens with zero attached hydrogens (tertiary/aromatic N) is 1. The van der Waals surface area contributed by atoms with Crippen molar-refractivity contribution < 1.29 is 14.6 Å². The predicted molar refractivity (Wildman–Crippen MR) is 58.7 cm³/mol. The Morgan fingerprint density at radius 2 is 2.27 bits per heavy atom. The first-order chi connectivity index (χ1) is 7.24. The highest BCUT2D eigenvalue weighted by Crippen LogP contribution is 2.10. The van der Waals surface area contributed by atoms with Crippen molar-refractivity contribution in [1.82, 2.24) is 4.90 Å². The molecular formula is C11H23NO3. The molecule has 0 saturated carbocycles. The normalized spacial score (nSPS) is 22.6. The van der Waals surface area contributed by atoms with Crippen LogP contribution in [0.5, 0.6) is 0 Å². The van der Waals surface area contributed by atoms with Gasteiger partial charge in [0.15, 0.2) is 0 Å². The van der Waals surface area contributed by atoms with Gasteiger partial charge < -0.3 is 14.6 Å². The molecule has 1 N–H and O–H groups in total. The van der Waals surface area contributed by atoms with E-state index in [1.165, 1.54) is 0 Å². The molecule has 0 radical (unpaired) electrons. The summed E-state index contributed by atoms with van der Waals surface area (Å²) in [5.41, 5.74) is 0. The molecular weight excluding hydrogens is 194 g/mol. The van der Waals surface area contributed by atoms with Crippen LogP contribution in [0.3, 0.4) is 0 Å². The summed E-state index contributed by atoms with van der Waals surface area (Å²) in [5, 5.41) is 8.82. The van der Waals surface area contributed by atoms with E-state index in [1.807, 2.05) is 0 Å². The van der Waals surface area contributed by atoms with Crippen molar-refractivity contribution in [3.63, 3.8) is 0 Å². The van der Waals surface area contributed by atoms with Gasteiger partial charge >= 0.3 is 0 Å². The van der Waals surface area contributed by atoms with Crippen molar-refractivity contribution in [2.24, 2.45) is 0 Å². The average Bonchev–Trinajstić information content (AvgIpc) is 2.25. The highest BCUT2D eigenvalue weighted by molar-refractivity contribution is 4.70. The van der Waals surface area contributed by atoms with E-state index in [9.17, 15) is 0 Å². The Hall–Kier alpha value is -0.160. The Balaban J connectivity index is 2.28. The van der Waals surface area contributed by atoms with Crippen molar-refractivity contribution in [2.45, 2.75) is 38.8 Å². The van der Waals surface area contributed by atoms with Crippen LogP contribution in [0.4, 0.5) is 0 Å². The van der Waals surface area contributed by atoms with Crippen LogP contribution in [0, 0.1) is 0 Å². The van der Waals surface area contributed by atoms with Gasteiger partial charge in [-0.25, -0.2) is 0 Å². The van der Waals surface area contributed by atoms with Gasteiger partial charge in [-0.3, -0.25) is 4.90 Å². The molecule has 15 heavy (non-hydrogen) atoms. The lowest BCUT2D eigenvalue weighted by molar-refractivity contribution is -0.146. The molecule has 90 valence electrons.